The fraction of sp³-hybridized carbons (Fsp3) is 0.231. The molecule has 1 saturated carbocycles. The molecule has 1 aliphatic rings. The van der Waals surface area contributed by atoms with E-state index in [-0.39, 0.29) is 0 Å². The third kappa shape index (κ3) is 4.40. The summed E-state index contributed by atoms with van der Waals surface area (Å²) in [4.78, 5) is 7.20. The number of nitrogens with zero attached hydrogens (tertiary/aromatic N) is 4. The maximum atomic E-state index is 10.8. The molecular weight excluding hydrogens is 474 g/mol. The van der Waals surface area contributed by atoms with E-state index in [2.05, 4.69) is 50.5 Å². The van der Waals surface area contributed by atoms with Gasteiger partial charge in [0.05, 0.1) is 5.52 Å². The van der Waals surface area contributed by atoms with E-state index in [9.17, 15) is 8.76 Å². The van der Waals surface area contributed by atoms with Crippen molar-refractivity contribution in [3.63, 3.8) is 0 Å². The smallest absolute Gasteiger partial charge is 0.254 e. The van der Waals surface area contributed by atoms with Crippen LogP contribution in [0.15, 0.2) is 66.7 Å². The number of rotatable bonds is 9. The Morgan fingerprint density at radius 3 is 2.64 bits per heavy atom. The first kappa shape index (κ1) is 22.9. The van der Waals surface area contributed by atoms with E-state index < -0.39 is 11.3 Å². The topological polar surface area (TPSA) is 111 Å². The van der Waals surface area contributed by atoms with Crippen molar-refractivity contribution in [3.8, 4) is 5.95 Å². The predicted molar refractivity (Wildman–Crippen MR) is 139 cm³/mol. The highest BCUT2D eigenvalue weighted by Crippen LogP contribution is 2.41. The van der Waals surface area contributed by atoms with Gasteiger partial charge in [0.2, 0.25) is 0 Å². The largest absolute Gasteiger partial charge is 0.759 e. The molecule has 3 aromatic heterocycles. The van der Waals surface area contributed by atoms with Gasteiger partial charge in [0.1, 0.15) is 5.52 Å². The zero-order valence-electron chi connectivity index (χ0n) is 19.8. The van der Waals surface area contributed by atoms with Crippen molar-refractivity contribution in [2.24, 2.45) is 0 Å². The first-order chi connectivity index (χ1) is 17.6. The molecule has 0 saturated heterocycles. The van der Waals surface area contributed by atoms with E-state index in [1.807, 2.05) is 47.8 Å². The summed E-state index contributed by atoms with van der Waals surface area (Å²) in [5, 5.41) is 9.55. The van der Waals surface area contributed by atoms with Gasteiger partial charge in [-0.25, -0.2) is 9.94 Å². The van der Waals surface area contributed by atoms with Gasteiger partial charge in [0.25, 0.3) is 5.95 Å². The second kappa shape index (κ2) is 9.47. The first-order valence-corrected chi connectivity index (χ1v) is 13.0. The molecule has 0 spiro atoms. The molecule has 6 rings (SSSR count). The van der Waals surface area contributed by atoms with Crippen LogP contribution in [0.25, 0.3) is 22.4 Å². The lowest BCUT2D eigenvalue weighted by atomic mass is 10.1. The van der Waals surface area contributed by atoms with Gasteiger partial charge in [-0.2, -0.15) is 9.82 Å². The molecule has 0 amide bonds. The number of hydrogen-bond acceptors (Lipinski definition) is 6. The minimum Gasteiger partial charge on any atom is -0.759 e. The number of hydrazine groups is 1. The summed E-state index contributed by atoms with van der Waals surface area (Å²) < 4.78 is 25.8. The van der Waals surface area contributed by atoms with Crippen LogP contribution in [0.5, 0.6) is 0 Å². The van der Waals surface area contributed by atoms with Crippen molar-refractivity contribution in [1.82, 2.24) is 29.4 Å². The minimum atomic E-state index is -2.38. The van der Waals surface area contributed by atoms with Crippen molar-refractivity contribution >= 4 is 33.5 Å². The van der Waals surface area contributed by atoms with Crippen LogP contribution in [-0.4, -0.2) is 27.9 Å². The molecule has 0 radical (unpaired) electrons. The van der Waals surface area contributed by atoms with Crippen LogP contribution in [0.3, 0.4) is 0 Å². The Kier molecular flexibility index (Phi) is 6.02. The quantitative estimate of drug-likeness (QED) is 0.209. The van der Waals surface area contributed by atoms with Crippen LogP contribution in [0.1, 0.15) is 41.3 Å². The van der Waals surface area contributed by atoms with Crippen LogP contribution >= 0.6 is 0 Å². The monoisotopic (exact) mass is 500 g/mol. The molecule has 9 nitrogen and oxygen atoms in total. The number of fused-ring (bicyclic) bond motifs is 2. The molecule has 0 bridgehead atoms. The fourth-order valence-electron chi connectivity index (χ4n) is 4.73. The van der Waals surface area contributed by atoms with E-state index in [4.69, 9.17) is 10.1 Å². The lowest BCUT2D eigenvalue weighted by molar-refractivity contribution is 0.504. The average molecular weight is 501 g/mol. The van der Waals surface area contributed by atoms with E-state index in [0.717, 1.165) is 33.5 Å². The van der Waals surface area contributed by atoms with E-state index in [0.29, 0.717) is 25.0 Å². The molecule has 3 N–H and O–H groups in total. The highest BCUT2D eigenvalue weighted by molar-refractivity contribution is 7.76. The molecule has 0 aliphatic heterocycles. The Bertz CT molecular complexity index is 1570. The van der Waals surface area contributed by atoms with Gasteiger partial charge >= 0.3 is 0 Å². The molecule has 2 aromatic carbocycles. The van der Waals surface area contributed by atoms with Crippen LogP contribution in [0.4, 0.5) is 5.82 Å². The zero-order valence-corrected chi connectivity index (χ0v) is 20.6. The normalized spacial score (nSPS) is 14.5. The van der Waals surface area contributed by atoms with Crippen LogP contribution in [0.2, 0.25) is 0 Å². The van der Waals surface area contributed by atoms with Gasteiger partial charge in [-0.3, -0.25) is 8.78 Å². The van der Waals surface area contributed by atoms with E-state index in [1.54, 1.807) is 0 Å². The highest BCUT2D eigenvalue weighted by atomic mass is 32.2. The molecule has 10 heteroatoms. The summed E-state index contributed by atoms with van der Waals surface area (Å²) in [6.45, 7) is 3.04. The van der Waals surface area contributed by atoms with E-state index >= 15 is 0 Å². The van der Waals surface area contributed by atoms with Gasteiger partial charge in [0.15, 0.2) is 5.82 Å². The molecule has 1 fully saturated rings. The third-order valence-corrected chi connectivity index (χ3v) is 6.89. The summed E-state index contributed by atoms with van der Waals surface area (Å²) in [7, 11) is 0. The average Bonchev–Trinajstić information content (AvgIpc) is 3.53. The lowest BCUT2D eigenvalue weighted by Crippen LogP contribution is -2.32. The predicted octanol–water partition coefficient (Wildman–Crippen LogP) is 3.86. The Balaban J connectivity index is 1.44. The summed E-state index contributed by atoms with van der Waals surface area (Å²) in [5.41, 5.74) is 9.01. The summed E-state index contributed by atoms with van der Waals surface area (Å²) in [6, 6.07) is 22.6. The van der Waals surface area contributed by atoms with Gasteiger partial charge in [0, 0.05) is 47.0 Å². The Morgan fingerprint density at radius 1 is 1.03 bits per heavy atom. The summed E-state index contributed by atoms with van der Waals surface area (Å²) in [5.74, 6) is 1.92. The minimum absolute atomic E-state index is 0.349. The third-order valence-electron chi connectivity index (χ3n) is 6.58. The first-order valence-electron chi connectivity index (χ1n) is 11.9. The Labute approximate surface area is 210 Å². The number of aryl methyl sites for hydroxylation is 1. The maximum Gasteiger partial charge on any atom is 0.254 e. The van der Waals surface area contributed by atoms with Crippen molar-refractivity contribution in [1.29, 1.82) is 0 Å². The van der Waals surface area contributed by atoms with Crippen molar-refractivity contribution in [2.75, 3.05) is 5.32 Å². The second-order valence-electron chi connectivity index (χ2n) is 9.09. The Morgan fingerprint density at radius 2 is 1.86 bits per heavy atom. The fourth-order valence-corrected chi connectivity index (χ4v) is 4.92. The van der Waals surface area contributed by atoms with Gasteiger partial charge in [-0.1, -0.05) is 42.5 Å². The number of benzene rings is 2. The molecule has 3 heterocycles. The van der Waals surface area contributed by atoms with Crippen molar-refractivity contribution in [3.05, 3.63) is 89.2 Å². The zero-order chi connectivity index (χ0) is 24.6. The van der Waals surface area contributed by atoms with Gasteiger partial charge in [-0.15, -0.1) is 5.10 Å². The molecule has 184 valence electrons. The summed E-state index contributed by atoms with van der Waals surface area (Å²) in [6.07, 6.45) is 2.37. The standard InChI is InChI=1S/C26H27N7O2S/c1-17-14-21-20(16-28-31-36(34)35)8-5-9-23(21)32(17)26-29-25(27-15-18-6-3-2-4-7-18)24-13-12-22(19-10-11-19)33(24)30-26/h2-9,12-14,19,28,31H,10-11,15-16H2,1H3,(H,34,35)(H,27,29,30)/p-1. The number of nitrogens with one attached hydrogen (secondary N) is 3. The maximum absolute atomic E-state index is 10.8. The molecule has 1 atom stereocenters. The number of anilines is 1. The van der Waals surface area contributed by atoms with Crippen molar-refractivity contribution < 1.29 is 8.76 Å². The van der Waals surface area contributed by atoms with E-state index in [1.165, 1.54) is 24.1 Å². The van der Waals surface area contributed by atoms with Crippen molar-refractivity contribution in [2.45, 2.75) is 38.8 Å². The van der Waals surface area contributed by atoms with Crippen LogP contribution < -0.4 is 15.6 Å². The molecular formula is C26H26N7O2S-. The molecule has 36 heavy (non-hydrogen) atoms. The number of hydrogen-bond donors (Lipinski definition) is 3. The van der Waals surface area contributed by atoms with Gasteiger partial charge < -0.3 is 9.87 Å². The highest BCUT2D eigenvalue weighted by Gasteiger charge is 2.28. The molecule has 1 unspecified atom stereocenters. The Hall–Kier alpha value is -3.57. The summed E-state index contributed by atoms with van der Waals surface area (Å²) >= 11 is -2.38. The second-order valence-corrected chi connectivity index (χ2v) is 9.76. The SMILES string of the molecule is Cc1cc2c(CNNS(=O)[O-])cccc2n1-c1nc(NCc2ccccc2)c2ccc(C3CC3)n2n1. The molecule has 1 aliphatic carbocycles. The lowest BCUT2D eigenvalue weighted by Gasteiger charge is -2.14. The molecule has 5 aromatic rings. The number of aromatic nitrogens is 4. The van der Waals surface area contributed by atoms with Crippen LogP contribution in [-0.2, 0) is 24.4 Å². The van der Waals surface area contributed by atoms with Gasteiger partial charge in [-0.05, 0) is 55.2 Å². The van der Waals surface area contributed by atoms with Crippen LogP contribution in [0, 0.1) is 6.92 Å².